The molecule has 1 amide bonds. The van der Waals surface area contributed by atoms with Gasteiger partial charge in [0.2, 0.25) is 0 Å². The number of amides is 1. The quantitative estimate of drug-likeness (QED) is 0.272. The number of carbonyl (C=O) groups excluding carboxylic acids is 1. The predicted octanol–water partition coefficient (Wildman–Crippen LogP) is 5.99. The number of aromatic nitrogens is 1. The highest BCUT2D eigenvalue weighted by Crippen LogP contribution is 2.33. The van der Waals surface area contributed by atoms with Gasteiger partial charge in [-0.15, -0.1) is 0 Å². The Morgan fingerprint density at radius 3 is 2.48 bits per heavy atom. The van der Waals surface area contributed by atoms with Crippen molar-refractivity contribution in [3.05, 3.63) is 87.9 Å². The Morgan fingerprint density at radius 2 is 1.73 bits per heavy atom. The van der Waals surface area contributed by atoms with Gasteiger partial charge in [0.1, 0.15) is 0 Å². The number of carbonyl (C=O) groups is 1. The number of pyridine rings is 1. The molecular weight excluding hydrogens is 461 g/mol. The number of halogens is 2. The highest BCUT2D eigenvalue weighted by atomic mass is 35.5. The molecule has 0 spiro atoms. The van der Waals surface area contributed by atoms with Gasteiger partial charge in [0.15, 0.2) is 11.5 Å². The number of fused-ring (bicyclic) bond motifs is 1. The molecule has 4 aromatic rings. The van der Waals surface area contributed by atoms with Crippen molar-refractivity contribution in [3.8, 4) is 22.8 Å². The van der Waals surface area contributed by atoms with Crippen LogP contribution in [0, 0.1) is 0 Å². The lowest BCUT2D eigenvalue weighted by atomic mass is 10.0. The summed E-state index contributed by atoms with van der Waals surface area (Å²) >= 11 is 12.0. The van der Waals surface area contributed by atoms with Gasteiger partial charge in [0, 0.05) is 10.9 Å². The zero-order valence-electron chi connectivity index (χ0n) is 17.8. The number of benzene rings is 3. The second-order valence-corrected chi connectivity index (χ2v) is 7.83. The van der Waals surface area contributed by atoms with Gasteiger partial charge in [0.25, 0.3) is 5.91 Å². The minimum atomic E-state index is -0.369. The third-order valence-corrected chi connectivity index (χ3v) is 5.70. The standard InChI is InChI=1S/C25H19Cl2N3O3/c1-32-23-10-8-16(12-24(23)33-2)22-13-18(17-5-3-4-6-21(17)29-22)25(31)30-28-14-15-7-9-19(26)20(27)11-15/h3-14H,1-2H3,(H,30,31). The molecule has 1 heterocycles. The van der Waals surface area contributed by atoms with E-state index in [-0.39, 0.29) is 5.91 Å². The Bertz CT molecular complexity index is 1370. The number of nitrogens with one attached hydrogen (secondary N) is 1. The number of methoxy groups -OCH3 is 2. The number of nitrogens with zero attached hydrogens (tertiary/aromatic N) is 2. The first kappa shape index (κ1) is 22.6. The summed E-state index contributed by atoms with van der Waals surface area (Å²) in [4.78, 5) is 17.8. The summed E-state index contributed by atoms with van der Waals surface area (Å²) < 4.78 is 10.7. The van der Waals surface area contributed by atoms with E-state index in [2.05, 4.69) is 10.5 Å². The molecule has 0 saturated carbocycles. The average Bonchev–Trinajstić information content (AvgIpc) is 2.84. The fourth-order valence-corrected chi connectivity index (χ4v) is 3.63. The number of para-hydroxylation sites is 1. The number of hydrogen-bond donors (Lipinski definition) is 1. The molecule has 3 aromatic carbocycles. The van der Waals surface area contributed by atoms with Gasteiger partial charge in [-0.25, -0.2) is 10.4 Å². The normalized spacial score (nSPS) is 11.0. The van der Waals surface area contributed by atoms with Gasteiger partial charge in [-0.05, 0) is 48.0 Å². The van der Waals surface area contributed by atoms with Crippen molar-refractivity contribution >= 4 is 46.2 Å². The highest BCUT2D eigenvalue weighted by Gasteiger charge is 2.15. The van der Waals surface area contributed by atoms with E-state index in [0.29, 0.717) is 49.3 Å². The average molecular weight is 480 g/mol. The number of rotatable bonds is 6. The molecule has 0 aliphatic carbocycles. The largest absolute Gasteiger partial charge is 0.493 e. The Hall–Kier alpha value is -3.61. The lowest BCUT2D eigenvalue weighted by molar-refractivity contribution is 0.0956. The predicted molar refractivity (Wildman–Crippen MR) is 132 cm³/mol. The fourth-order valence-electron chi connectivity index (χ4n) is 3.33. The molecule has 0 radical (unpaired) electrons. The zero-order valence-corrected chi connectivity index (χ0v) is 19.3. The van der Waals surface area contributed by atoms with E-state index in [0.717, 1.165) is 5.56 Å². The van der Waals surface area contributed by atoms with Crippen LogP contribution in [-0.4, -0.2) is 31.3 Å². The lowest BCUT2D eigenvalue weighted by Crippen LogP contribution is -2.18. The van der Waals surface area contributed by atoms with Crippen molar-refractivity contribution in [3.63, 3.8) is 0 Å². The van der Waals surface area contributed by atoms with E-state index in [9.17, 15) is 4.79 Å². The van der Waals surface area contributed by atoms with Crippen molar-refractivity contribution in [2.45, 2.75) is 0 Å². The van der Waals surface area contributed by atoms with E-state index in [1.807, 2.05) is 36.4 Å². The molecule has 0 unspecified atom stereocenters. The summed E-state index contributed by atoms with van der Waals surface area (Å²) in [6, 6.07) is 19.7. The number of hydrogen-bond acceptors (Lipinski definition) is 5. The van der Waals surface area contributed by atoms with Crippen LogP contribution >= 0.6 is 23.2 Å². The molecule has 0 atom stereocenters. The Kier molecular flexibility index (Phi) is 6.77. The van der Waals surface area contributed by atoms with Crippen molar-refractivity contribution in [1.82, 2.24) is 10.4 Å². The molecule has 0 saturated heterocycles. The molecular formula is C25H19Cl2N3O3. The third kappa shape index (κ3) is 4.92. The Morgan fingerprint density at radius 1 is 0.939 bits per heavy atom. The van der Waals surface area contributed by atoms with Gasteiger partial charge in [-0.3, -0.25) is 4.79 Å². The topological polar surface area (TPSA) is 72.8 Å². The molecule has 33 heavy (non-hydrogen) atoms. The minimum Gasteiger partial charge on any atom is -0.493 e. The third-order valence-electron chi connectivity index (χ3n) is 4.96. The molecule has 1 aromatic heterocycles. The monoisotopic (exact) mass is 479 g/mol. The van der Waals surface area contributed by atoms with E-state index in [1.54, 1.807) is 44.6 Å². The van der Waals surface area contributed by atoms with Gasteiger partial charge in [-0.1, -0.05) is 47.5 Å². The molecule has 0 aliphatic heterocycles. The highest BCUT2D eigenvalue weighted by molar-refractivity contribution is 6.42. The van der Waals surface area contributed by atoms with Crippen molar-refractivity contribution in [2.75, 3.05) is 14.2 Å². The summed E-state index contributed by atoms with van der Waals surface area (Å²) in [6.07, 6.45) is 1.50. The smallest absolute Gasteiger partial charge is 0.272 e. The first-order valence-corrected chi connectivity index (χ1v) is 10.7. The number of ether oxygens (including phenoxy) is 2. The molecule has 166 valence electrons. The molecule has 0 fully saturated rings. The summed E-state index contributed by atoms with van der Waals surface area (Å²) in [7, 11) is 3.15. The fraction of sp³-hybridized carbons (Fsp3) is 0.0800. The van der Waals surface area contributed by atoms with Crippen LogP contribution in [0.1, 0.15) is 15.9 Å². The maximum atomic E-state index is 13.0. The van der Waals surface area contributed by atoms with E-state index < -0.39 is 0 Å². The SMILES string of the molecule is COc1ccc(-c2cc(C(=O)NN=Cc3ccc(Cl)c(Cl)c3)c3ccccc3n2)cc1OC. The van der Waals surface area contributed by atoms with Crippen LogP contribution in [0.3, 0.4) is 0 Å². The van der Waals surface area contributed by atoms with Crippen LogP contribution in [-0.2, 0) is 0 Å². The molecule has 4 rings (SSSR count). The minimum absolute atomic E-state index is 0.369. The first-order valence-electron chi connectivity index (χ1n) is 9.91. The zero-order chi connectivity index (χ0) is 23.4. The Labute approximate surface area is 200 Å². The van der Waals surface area contributed by atoms with Crippen LogP contribution < -0.4 is 14.9 Å². The summed E-state index contributed by atoms with van der Waals surface area (Å²) in [5.74, 6) is 0.811. The molecule has 0 bridgehead atoms. The van der Waals surface area contributed by atoms with Crippen LogP contribution in [0.2, 0.25) is 10.0 Å². The van der Waals surface area contributed by atoms with Crippen LogP contribution in [0.5, 0.6) is 11.5 Å². The van der Waals surface area contributed by atoms with Gasteiger partial charge in [-0.2, -0.15) is 5.10 Å². The van der Waals surface area contributed by atoms with Gasteiger partial charge in [0.05, 0.1) is 47.3 Å². The van der Waals surface area contributed by atoms with E-state index in [1.165, 1.54) is 6.21 Å². The molecule has 0 aliphatic rings. The van der Waals surface area contributed by atoms with Gasteiger partial charge >= 0.3 is 0 Å². The maximum Gasteiger partial charge on any atom is 0.272 e. The first-order chi connectivity index (χ1) is 16.0. The summed E-state index contributed by atoms with van der Waals surface area (Å²) in [5.41, 5.74) is 5.81. The van der Waals surface area contributed by atoms with E-state index in [4.69, 9.17) is 37.7 Å². The molecule has 6 nitrogen and oxygen atoms in total. The van der Waals surface area contributed by atoms with E-state index >= 15 is 0 Å². The molecule has 1 N–H and O–H groups in total. The lowest BCUT2D eigenvalue weighted by Gasteiger charge is -2.12. The van der Waals surface area contributed by atoms with Crippen molar-refractivity contribution < 1.29 is 14.3 Å². The van der Waals surface area contributed by atoms with Gasteiger partial charge < -0.3 is 9.47 Å². The van der Waals surface area contributed by atoms with Crippen molar-refractivity contribution in [1.29, 1.82) is 0 Å². The van der Waals surface area contributed by atoms with Crippen molar-refractivity contribution in [2.24, 2.45) is 5.10 Å². The summed E-state index contributed by atoms with van der Waals surface area (Å²) in [6.45, 7) is 0. The second-order valence-electron chi connectivity index (χ2n) is 7.01. The molecule has 8 heteroatoms. The summed E-state index contributed by atoms with van der Waals surface area (Å²) in [5, 5.41) is 5.63. The Balaban J connectivity index is 1.69. The number of hydrazone groups is 1. The second kappa shape index (κ2) is 9.90. The maximum absolute atomic E-state index is 13.0. The van der Waals surface area contributed by atoms with Crippen LogP contribution in [0.25, 0.3) is 22.2 Å². The van der Waals surface area contributed by atoms with Crippen LogP contribution in [0.15, 0.2) is 71.8 Å². The van der Waals surface area contributed by atoms with Crippen LogP contribution in [0.4, 0.5) is 0 Å².